The van der Waals surface area contributed by atoms with E-state index in [4.69, 9.17) is 5.73 Å². The van der Waals surface area contributed by atoms with Crippen LogP contribution in [0.4, 0.5) is 23.1 Å². The van der Waals surface area contributed by atoms with Crippen molar-refractivity contribution in [2.45, 2.75) is 26.7 Å². The SMILES string of the molecule is CCCCN(C)c1ncnc(Nc2ncccc2C)c1N. The molecule has 2 heterocycles. The highest BCUT2D eigenvalue weighted by molar-refractivity contribution is 5.77. The molecule has 3 N–H and O–H groups in total. The minimum absolute atomic E-state index is 0.543. The first-order valence-electron chi connectivity index (χ1n) is 7.13. The van der Waals surface area contributed by atoms with E-state index in [0.29, 0.717) is 11.5 Å². The van der Waals surface area contributed by atoms with Gasteiger partial charge in [0.25, 0.3) is 0 Å². The van der Waals surface area contributed by atoms with Crippen LogP contribution in [0.25, 0.3) is 0 Å². The molecule has 0 saturated heterocycles. The minimum Gasteiger partial charge on any atom is -0.393 e. The highest BCUT2D eigenvalue weighted by atomic mass is 15.2. The summed E-state index contributed by atoms with van der Waals surface area (Å²) in [6, 6.07) is 3.88. The lowest BCUT2D eigenvalue weighted by molar-refractivity contribution is 0.759. The molecular formula is C15H22N6. The van der Waals surface area contributed by atoms with Crippen LogP contribution >= 0.6 is 0 Å². The van der Waals surface area contributed by atoms with Crippen LogP contribution in [-0.2, 0) is 0 Å². The zero-order valence-electron chi connectivity index (χ0n) is 12.8. The lowest BCUT2D eigenvalue weighted by Gasteiger charge is -2.20. The van der Waals surface area contributed by atoms with Gasteiger partial charge in [0.15, 0.2) is 11.6 Å². The zero-order chi connectivity index (χ0) is 15.2. The summed E-state index contributed by atoms with van der Waals surface area (Å²) in [5, 5.41) is 3.18. The molecule has 2 aromatic heterocycles. The molecule has 6 nitrogen and oxygen atoms in total. The van der Waals surface area contributed by atoms with E-state index in [-0.39, 0.29) is 0 Å². The quantitative estimate of drug-likeness (QED) is 0.850. The van der Waals surface area contributed by atoms with Crippen LogP contribution in [0.5, 0.6) is 0 Å². The number of nitrogens with zero attached hydrogens (tertiary/aromatic N) is 4. The van der Waals surface area contributed by atoms with Gasteiger partial charge in [-0.3, -0.25) is 0 Å². The van der Waals surface area contributed by atoms with Crippen molar-refractivity contribution in [2.24, 2.45) is 0 Å². The summed E-state index contributed by atoms with van der Waals surface area (Å²) in [6.45, 7) is 5.06. The summed E-state index contributed by atoms with van der Waals surface area (Å²) in [7, 11) is 1.99. The monoisotopic (exact) mass is 286 g/mol. The molecule has 6 heteroatoms. The Morgan fingerprint density at radius 1 is 1.24 bits per heavy atom. The van der Waals surface area contributed by atoms with Gasteiger partial charge in [-0.1, -0.05) is 19.4 Å². The molecule has 0 radical (unpaired) electrons. The van der Waals surface area contributed by atoms with Crippen molar-refractivity contribution in [1.82, 2.24) is 15.0 Å². The molecule has 0 atom stereocenters. The molecule has 0 unspecified atom stereocenters. The number of unbranched alkanes of at least 4 members (excludes halogenated alkanes) is 1. The maximum absolute atomic E-state index is 6.20. The van der Waals surface area contributed by atoms with Gasteiger partial charge in [-0.15, -0.1) is 0 Å². The molecule has 0 aliphatic heterocycles. The van der Waals surface area contributed by atoms with Gasteiger partial charge in [0.05, 0.1) is 0 Å². The Morgan fingerprint density at radius 2 is 2.05 bits per heavy atom. The Kier molecular flexibility index (Phi) is 4.92. The van der Waals surface area contributed by atoms with Crippen LogP contribution in [0.15, 0.2) is 24.7 Å². The van der Waals surface area contributed by atoms with Gasteiger partial charge in [-0.2, -0.15) is 0 Å². The Bertz CT molecular complexity index is 598. The van der Waals surface area contributed by atoms with Gasteiger partial charge < -0.3 is 16.0 Å². The van der Waals surface area contributed by atoms with E-state index in [1.165, 1.54) is 6.33 Å². The largest absolute Gasteiger partial charge is 0.393 e. The van der Waals surface area contributed by atoms with Gasteiger partial charge in [0.2, 0.25) is 0 Å². The van der Waals surface area contributed by atoms with Crippen molar-refractivity contribution < 1.29 is 0 Å². The van der Waals surface area contributed by atoms with E-state index in [9.17, 15) is 0 Å². The highest BCUT2D eigenvalue weighted by Gasteiger charge is 2.12. The molecule has 112 valence electrons. The number of aryl methyl sites for hydroxylation is 1. The molecule has 0 spiro atoms. The van der Waals surface area contributed by atoms with Gasteiger partial charge in [-0.25, -0.2) is 15.0 Å². The van der Waals surface area contributed by atoms with Crippen LogP contribution in [0.3, 0.4) is 0 Å². The first-order chi connectivity index (χ1) is 10.1. The zero-order valence-corrected chi connectivity index (χ0v) is 12.8. The Hall–Kier alpha value is -2.37. The van der Waals surface area contributed by atoms with E-state index in [1.54, 1.807) is 6.20 Å². The van der Waals surface area contributed by atoms with Crippen molar-refractivity contribution in [3.8, 4) is 0 Å². The highest BCUT2D eigenvalue weighted by Crippen LogP contribution is 2.28. The van der Waals surface area contributed by atoms with E-state index < -0.39 is 0 Å². The Balaban J connectivity index is 2.23. The summed E-state index contributed by atoms with van der Waals surface area (Å²) in [4.78, 5) is 14.9. The first kappa shape index (κ1) is 15.0. The van der Waals surface area contributed by atoms with E-state index in [0.717, 1.165) is 36.6 Å². The average Bonchev–Trinajstić information content (AvgIpc) is 2.49. The third kappa shape index (κ3) is 3.59. The fourth-order valence-electron chi connectivity index (χ4n) is 2.02. The summed E-state index contributed by atoms with van der Waals surface area (Å²) >= 11 is 0. The molecule has 2 aromatic rings. The fourth-order valence-corrected chi connectivity index (χ4v) is 2.02. The van der Waals surface area contributed by atoms with Gasteiger partial charge >= 0.3 is 0 Å². The summed E-state index contributed by atoms with van der Waals surface area (Å²) in [6.07, 6.45) is 5.49. The number of nitrogens with one attached hydrogen (secondary N) is 1. The maximum Gasteiger partial charge on any atom is 0.160 e. The molecule has 0 amide bonds. The van der Waals surface area contributed by atoms with Crippen LogP contribution < -0.4 is 16.0 Å². The fraction of sp³-hybridized carbons (Fsp3) is 0.400. The Labute approximate surface area is 125 Å². The molecule has 0 fully saturated rings. The smallest absolute Gasteiger partial charge is 0.160 e. The number of hydrogen-bond donors (Lipinski definition) is 2. The van der Waals surface area contributed by atoms with Crippen LogP contribution in [0, 0.1) is 6.92 Å². The van der Waals surface area contributed by atoms with Crippen molar-refractivity contribution in [3.63, 3.8) is 0 Å². The predicted molar refractivity (Wildman–Crippen MR) is 86.9 cm³/mol. The summed E-state index contributed by atoms with van der Waals surface area (Å²) in [5.74, 6) is 2.09. The number of nitrogens with two attached hydrogens (primary N) is 1. The van der Waals surface area contributed by atoms with Crippen LogP contribution in [0.1, 0.15) is 25.3 Å². The second-order valence-electron chi connectivity index (χ2n) is 5.03. The van der Waals surface area contributed by atoms with Crippen LogP contribution in [0.2, 0.25) is 0 Å². The third-order valence-corrected chi connectivity index (χ3v) is 3.32. The Morgan fingerprint density at radius 3 is 2.76 bits per heavy atom. The second-order valence-corrected chi connectivity index (χ2v) is 5.03. The molecule has 0 saturated carbocycles. The molecule has 2 rings (SSSR count). The maximum atomic E-state index is 6.20. The molecule has 0 aromatic carbocycles. The second kappa shape index (κ2) is 6.88. The van der Waals surface area contributed by atoms with Gasteiger partial charge in [-0.05, 0) is 25.0 Å². The number of aromatic nitrogens is 3. The average molecular weight is 286 g/mol. The lowest BCUT2D eigenvalue weighted by Crippen LogP contribution is -2.21. The van der Waals surface area contributed by atoms with E-state index in [2.05, 4.69) is 32.1 Å². The number of nitrogen functional groups attached to an aromatic ring is 1. The van der Waals surface area contributed by atoms with Crippen LogP contribution in [-0.4, -0.2) is 28.5 Å². The number of anilines is 4. The minimum atomic E-state index is 0.543. The molecule has 21 heavy (non-hydrogen) atoms. The number of pyridine rings is 1. The van der Waals surface area contributed by atoms with Gasteiger partial charge in [0, 0.05) is 19.8 Å². The normalized spacial score (nSPS) is 10.4. The standard InChI is InChI=1S/C15H22N6/c1-4-5-9-21(3)15-12(16)14(18-10-19-15)20-13-11(2)7-6-8-17-13/h6-8,10H,4-5,9,16H2,1-3H3,(H,17,18,19,20). The topological polar surface area (TPSA) is 80.0 Å². The molecule has 0 aliphatic carbocycles. The number of hydrogen-bond acceptors (Lipinski definition) is 6. The number of rotatable bonds is 6. The molecule has 0 bridgehead atoms. The van der Waals surface area contributed by atoms with E-state index in [1.807, 2.05) is 26.1 Å². The first-order valence-corrected chi connectivity index (χ1v) is 7.13. The van der Waals surface area contributed by atoms with Crippen molar-refractivity contribution in [3.05, 3.63) is 30.2 Å². The van der Waals surface area contributed by atoms with Crippen molar-refractivity contribution >= 4 is 23.1 Å². The third-order valence-electron chi connectivity index (χ3n) is 3.32. The van der Waals surface area contributed by atoms with Crippen molar-refractivity contribution in [1.29, 1.82) is 0 Å². The lowest BCUT2D eigenvalue weighted by atomic mass is 10.3. The van der Waals surface area contributed by atoms with E-state index >= 15 is 0 Å². The predicted octanol–water partition coefficient (Wildman–Crippen LogP) is 2.74. The molecular weight excluding hydrogens is 264 g/mol. The van der Waals surface area contributed by atoms with Crippen molar-refractivity contribution in [2.75, 3.05) is 29.5 Å². The molecule has 0 aliphatic rings. The van der Waals surface area contributed by atoms with Gasteiger partial charge in [0.1, 0.15) is 17.8 Å². The summed E-state index contributed by atoms with van der Waals surface area (Å²) < 4.78 is 0. The summed E-state index contributed by atoms with van der Waals surface area (Å²) in [5.41, 5.74) is 7.78.